The number of hydrogen-bond donors (Lipinski definition) is 1. The topological polar surface area (TPSA) is 37.4 Å². The Hall–Kier alpha value is -0.650. The molecule has 1 aliphatic heterocycles. The van der Waals surface area contributed by atoms with Gasteiger partial charge in [0.05, 0.1) is 12.3 Å². The first kappa shape index (κ1) is 14.3. The predicted octanol–water partition coefficient (Wildman–Crippen LogP) is 2.65. The van der Waals surface area contributed by atoms with Crippen molar-refractivity contribution in [1.82, 2.24) is 10.3 Å². The van der Waals surface area contributed by atoms with Gasteiger partial charge in [-0.25, -0.2) is 4.98 Å². The van der Waals surface area contributed by atoms with E-state index >= 15 is 0 Å². The molecule has 0 radical (unpaired) electrons. The van der Waals surface area contributed by atoms with Gasteiger partial charge in [-0.05, 0) is 25.2 Å². The van der Waals surface area contributed by atoms with E-state index in [0.717, 1.165) is 31.7 Å². The lowest BCUT2D eigenvalue weighted by Crippen LogP contribution is -2.34. The van der Waals surface area contributed by atoms with E-state index in [1.807, 2.05) is 11.3 Å². The number of rotatable bonds is 6. The van der Waals surface area contributed by atoms with Gasteiger partial charge in [-0.1, -0.05) is 12.8 Å². The van der Waals surface area contributed by atoms with Crippen LogP contribution >= 0.6 is 11.3 Å². The average Bonchev–Trinajstić information content (AvgIpc) is 3.10. The Labute approximate surface area is 125 Å². The monoisotopic (exact) mass is 295 g/mol. The van der Waals surface area contributed by atoms with Gasteiger partial charge in [0.2, 0.25) is 0 Å². The number of thiazole rings is 1. The molecule has 5 heteroatoms. The highest BCUT2D eigenvalue weighted by atomic mass is 32.1. The molecule has 1 aliphatic carbocycles. The zero-order valence-electron chi connectivity index (χ0n) is 12.3. The van der Waals surface area contributed by atoms with Gasteiger partial charge in [-0.3, -0.25) is 0 Å². The molecule has 1 saturated heterocycles. The van der Waals surface area contributed by atoms with Crippen LogP contribution in [0.2, 0.25) is 0 Å². The lowest BCUT2D eigenvalue weighted by atomic mass is 9.85. The average molecular weight is 295 g/mol. The third-order valence-corrected chi connectivity index (χ3v) is 5.51. The van der Waals surface area contributed by atoms with Crippen molar-refractivity contribution in [1.29, 1.82) is 0 Å². The minimum absolute atomic E-state index is 0.757. The van der Waals surface area contributed by atoms with Crippen molar-refractivity contribution >= 4 is 16.5 Å². The molecule has 0 amide bonds. The van der Waals surface area contributed by atoms with Crippen molar-refractivity contribution in [3.63, 3.8) is 0 Å². The molecule has 3 rings (SSSR count). The Balaban J connectivity index is 1.56. The molecule has 2 heterocycles. The van der Waals surface area contributed by atoms with Gasteiger partial charge in [-0.15, -0.1) is 11.3 Å². The van der Waals surface area contributed by atoms with Crippen LogP contribution in [0.4, 0.5) is 5.13 Å². The molecule has 20 heavy (non-hydrogen) atoms. The number of aromatic nitrogens is 1. The molecule has 1 aromatic rings. The van der Waals surface area contributed by atoms with Crippen LogP contribution in [0.3, 0.4) is 0 Å². The second-order valence-corrected chi connectivity index (χ2v) is 6.72. The van der Waals surface area contributed by atoms with Crippen molar-refractivity contribution in [2.24, 2.45) is 5.92 Å². The SMILES string of the molecule is COCCNCc1csc(N2CCC3CCCCC32)n1. The normalized spacial score (nSPS) is 25.9. The fourth-order valence-corrected chi connectivity index (χ4v) is 4.45. The first-order chi connectivity index (χ1) is 9.88. The van der Waals surface area contributed by atoms with Crippen molar-refractivity contribution in [2.75, 3.05) is 31.7 Å². The number of nitrogens with one attached hydrogen (secondary N) is 1. The van der Waals surface area contributed by atoms with Gasteiger partial charge in [0.1, 0.15) is 0 Å². The molecule has 1 aromatic heterocycles. The van der Waals surface area contributed by atoms with E-state index in [4.69, 9.17) is 9.72 Å². The van der Waals surface area contributed by atoms with E-state index in [-0.39, 0.29) is 0 Å². The van der Waals surface area contributed by atoms with Crippen LogP contribution in [0.1, 0.15) is 37.8 Å². The second-order valence-electron chi connectivity index (χ2n) is 5.88. The molecule has 4 nitrogen and oxygen atoms in total. The summed E-state index contributed by atoms with van der Waals surface area (Å²) < 4.78 is 5.04. The lowest BCUT2D eigenvalue weighted by Gasteiger charge is -2.31. The smallest absolute Gasteiger partial charge is 0.185 e. The maximum Gasteiger partial charge on any atom is 0.185 e. The molecule has 2 fully saturated rings. The number of hydrogen-bond acceptors (Lipinski definition) is 5. The molecule has 0 spiro atoms. The summed E-state index contributed by atoms with van der Waals surface area (Å²) in [5.74, 6) is 0.927. The number of ether oxygens (including phenoxy) is 1. The van der Waals surface area contributed by atoms with Crippen LogP contribution in [0.5, 0.6) is 0 Å². The first-order valence-corrected chi connectivity index (χ1v) is 8.67. The highest BCUT2D eigenvalue weighted by Gasteiger charge is 2.36. The Morgan fingerprint density at radius 1 is 1.40 bits per heavy atom. The molecule has 1 N–H and O–H groups in total. The van der Waals surface area contributed by atoms with Crippen molar-refractivity contribution in [3.8, 4) is 0 Å². The van der Waals surface area contributed by atoms with Crippen molar-refractivity contribution < 1.29 is 4.74 Å². The summed E-state index contributed by atoms with van der Waals surface area (Å²) in [6, 6.07) is 0.768. The summed E-state index contributed by atoms with van der Waals surface area (Å²) >= 11 is 1.81. The Morgan fingerprint density at radius 2 is 2.30 bits per heavy atom. The van der Waals surface area contributed by atoms with Gasteiger partial charge >= 0.3 is 0 Å². The van der Waals surface area contributed by atoms with E-state index in [2.05, 4.69) is 15.6 Å². The Kier molecular flexibility index (Phi) is 4.91. The van der Waals surface area contributed by atoms with Gasteiger partial charge in [0.25, 0.3) is 0 Å². The third-order valence-electron chi connectivity index (χ3n) is 4.58. The van der Waals surface area contributed by atoms with Crippen LogP contribution in [0, 0.1) is 5.92 Å². The van der Waals surface area contributed by atoms with Crippen LogP contribution in [0.15, 0.2) is 5.38 Å². The first-order valence-electron chi connectivity index (χ1n) is 7.79. The lowest BCUT2D eigenvalue weighted by molar-refractivity contribution is 0.199. The zero-order chi connectivity index (χ0) is 13.8. The largest absolute Gasteiger partial charge is 0.383 e. The van der Waals surface area contributed by atoms with Crippen LogP contribution in [-0.4, -0.2) is 37.8 Å². The summed E-state index contributed by atoms with van der Waals surface area (Å²) in [5, 5.41) is 6.80. The Morgan fingerprint density at radius 3 is 3.20 bits per heavy atom. The van der Waals surface area contributed by atoms with Crippen LogP contribution < -0.4 is 10.2 Å². The number of fused-ring (bicyclic) bond motifs is 1. The van der Waals surface area contributed by atoms with Crippen LogP contribution in [0.25, 0.3) is 0 Å². The highest BCUT2D eigenvalue weighted by Crippen LogP contribution is 2.39. The molecular weight excluding hydrogens is 270 g/mol. The van der Waals surface area contributed by atoms with E-state index in [0.29, 0.717) is 0 Å². The summed E-state index contributed by atoms with van der Waals surface area (Å²) in [4.78, 5) is 7.40. The minimum Gasteiger partial charge on any atom is -0.383 e. The fraction of sp³-hybridized carbons (Fsp3) is 0.800. The van der Waals surface area contributed by atoms with E-state index < -0.39 is 0 Å². The molecule has 112 valence electrons. The molecule has 2 aliphatic rings. The van der Waals surface area contributed by atoms with Gasteiger partial charge in [0.15, 0.2) is 5.13 Å². The van der Waals surface area contributed by atoms with Gasteiger partial charge in [0, 0.05) is 38.2 Å². The molecule has 2 atom stereocenters. The third kappa shape index (κ3) is 3.15. The highest BCUT2D eigenvalue weighted by molar-refractivity contribution is 7.13. The summed E-state index contributed by atoms with van der Waals surface area (Å²) in [5.41, 5.74) is 1.17. The quantitative estimate of drug-likeness (QED) is 0.819. The van der Waals surface area contributed by atoms with Crippen LogP contribution in [-0.2, 0) is 11.3 Å². The molecular formula is C15H25N3OS. The molecule has 0 bridgehead atoms. The summed E-state index contributed by atoms with van der Waals surface area (Å²) in [7, 11) is 1.73. The number of nitrogens with zero attached hydrogens (tertiary/aromatic N) is 2. The second kappa shape index (κ2) is 6.87. The maximum atomic E-state index is 5.04. The summed E-state index contributed by atoms with van der Waals surface area (Å²) in [6.45, 7) is 3.70. The summed E-state index contributed by atoms with van der Waals surface area (Å²) in [6.07, 6.45) is 6.99. The molecule has 2 unspecified atom stereocenters. The van der Waals surface area contributed by atoms with E-state index in [1.54, 1.807) is 7.11 Å². The molecule has 1 saturated carbocycles. The Bertz CT molecular complexity index is 423. The molecule has 0 aromatic carbocycles. The van der Waals surface area contributed by atoms with Gasteiger partial charge in [-0.2, -0.15) is 0 Å². The van der Waals surface area contributed by atoms with E-state index in [1.165, 1.54) is 49.5 Å². The van der Waals surface area contributed by atoms with Crippen molar-refractivity contribution in [2.45, 2.75) is 44.7 Å². The maximum absolute atomic E-state index is 5.04. The van der Waals surface area contributed by atoms with Gasteiger partial charge < -0.3 is 15.0 Å². The predicted molar refractivity (Wildman–Crippen MR) is 83.4 cm³/mol. The number of methoxy groups -OCH3 is 1. The zero-order valence-corrected chi connectivity index (χ0v) is 13.1. The van der Waals surface area contributed by atoms with Crippen molar-refractivity contribution in [3.05, 3.63) is 11.1 Å². The fourth-order valence-electron chi connectivity index (χ4n) is 3.54. The van der Waals surface area contributed by atoms with E-state index in [9.17, 15) is 0 Å². The standard InChI is InChI=1S/C15H25N3OS/c1-19-9-7-16-10-13-11-20-15(17-13)18-8-6-12-4-2-3-5-14(12)18/h11-12,14,16H,2-10H2,1H3. The number of anilines is 1. The minimum atomic E-state index is 0.757.